The van der Waals surface area contributed by atoms with Crippen LogP contribution >= 0.6 is 15.9 Å². The van der Waals surface area contributed by atoms with Gasteiger partial charge in [-0.15, -0.1) is 0 Å². The highest BCUT2D eigenvalue weighted by Crippen LogP contribution is 2.16. The van der Waals surface area contributed by atoms with Gasteiger partial charge in [-0.1, -0.05) is 29.8 Å². The molecule has 0 radical (unpaired) electrons. The fourth-order valence-corrected chi connectivity index (χ4v) is 2.13. The van der Waals surface area contributed by atoms with Gasteiger partial charge in [0, 0.05) is 10.9 Å². The fraction of sp³-hybridized carbons (Fsp3) is 0.500. The monoisotopic (exact) mass is 371 g/mol. The van der Waals surface area contributed by atoms with Crippen molar-refractivity contribution in [1.82, 2.24) is 5.32 Å². The minimum absolute atomic E-state index is 0.137. The Bertz CT molecular complexity index is 487. The molecule has 0 spiro atoms. The number of nitrogens with one attached hydrogen (secondary N) is 1. The molecule has 0 aliphatic carbocycles. The van der Waals surface area contributed by atoms with Gasteiger partial charge in [0.05, 0.1) is 6.61 Å². The lowest BCUT2D eigenvalue weighted by Crippen LogP contribution is -2.44. The van der Waals surface area contributed by atoms with Crippen LogP contribution in [-0.2, 0) is 9.59 Å². The second kappa shape index (κ2) is 9.46. The number of hydrogen-bond acceptors (Lipinski definition) is 3. The van der Waals surface area contributed by atoms with Crippen molar-refractivity contribution in [1.29, 1.82) is 0 Å². The normalized spacial score (nSPS) is 12.0. The van der Waals surface area contributed by atoms with E-state index >= 15 is 0 Å². The maximum Gasteiger partial charge on any atom is 0.326 e. The largest absolute Gasteiger partial charge is 0.494 e. The van der Waals surface area contributed by atoms with E-state index in [0.717, 1.165) is 16.6 Å². The smallest absolute Gasteiger partial charge is 0.326 e. The van der Waals surface area contributed by atoms with E-state index in [1.807, 2.05) is 24.3 Å². The Hall–Kier alpha value is -1.56. The van der Waals surface area contributed by atoms with Crippen LogP contribution in [0.25, 0.3) is 0 Å². The number of aliphatic carboxylic acids is 1. The highest BCUT2D eigenvalue weighted by molar-refractivity contribution is 9.10. The number of carboxylic acids is 1. The summed E-state index contributed by atoms with van der Waals surface area (Å²) in [7, 11) is 0. The second-order valence-electron chi connectivity index (χ2n) is 5.39. The van der Waals surface area contributed by atoms with Gasteiger partial charge in [0.2, 0.25) is 5.91 Å². The molecule has 0 bridgehead atoms. The van der Waals surface area contributed by atoms with Gasteiger partial charge >= 0.3 is 5.97 Å². The number of hydrogen-bond donors (Lipinski definition) is 2. The summed E-state index contributed by atoms with van der Waals surface area (Å²) in [4.78, 5) is 22.7. The molecule has 0 saturated heterocycles. The average Bonchev–Trinajstić information content (AvgIpc) is 2.45. The number of ether oxygens (including phenoxy) is 1. The minimum atomic E-state index is -0.998. The molecule has 0 aromatic heterocycles. The highest BCUT2D eigenvalue weighted by Gasteiger charge is 2.22. The third-order valence-electron chi connectivity index (χ3n) is 3.13. The second-order valence-corrected chi connectivity index (χ2v) is 6.30. The molecule has 0 aliphatic heterocycles. The first-order valence-electron chi connectivity index (χ1n) is 7.30. The molecule has 1 aromatic rings. The first-order valence-corrected chi connectivity index (χ1v) is 8.10. The zero-order valence-electron chi connectivity index (χ0n) is 12.8. The van der Waals surface area contributed by atoms with Crippen LogP contribution in [0.4, 0.5) is 0 Å². The van der Waals surface area contributed by atoms with Crippen molar-refractivity contribution in [2.75, 3.05) is 6.61 Å². The van der Waals surface area contributed by atoms with E-state index in [9.17, 15) is 9.59 Å². The number of unbranched alkanes of at least 4 members (excludes halogenated alkanes) is 1. The zero-order valence-corrected chi connectivity index (χ0v) is 14.4. The van der Waals surface area contributed by atoms with Crippen molar-refractivity contribution < 1.29 is 19.4 Å². The summed E-state index contributed by atoms with van der Waals surface area (Å²) >= 11 is 3.35. The van der Waals surface area contributed by atoms with Crippen LogP contribution < -0.4 is 10.1 Å². The van der Waals surface area contributed by atoms with E-state index in [-0.39, 0.29) is 11.8 Å². The third kappa shape index (κ3) is 6.93. The molecule has 0 fully saturated rings. The Balaban J connectivity index is 2.19. The molecule has 1 rings (SSSR count). The van der Waals surface area contributed by atoms with Gasteiger partial charge in [0.15, 0.2) is 0 Å². The van der Waals surface area contributed by atoms with Crippen molar-refractivity contribution in [3.63, 3.8) is 0 Å². The topological polar surface area (TPSA) is 75.6 Å². The molecule has 1 atom stereocenters. The molecule has 0 heterocycles. The quantitative estimate of drug-likeness (QED) is 0.653. The van der Waals surface area contributed by atoms with Crippen LogP contribution in [0.2, 0.25) is 0 Å². The summed E-state index contributed by atoms with van der Waals surface area (Å²) in [6.07, 6.45) is 1.70. The third-order valence-corrected chi connectivity index (χ3v) is 3.66. The molecule has 5 nitrogen and oxygen atoms in total. The van der Waals surface area contributed by atoms with Crippen LogP contribution in [-0.4, -0.2) is 29.6 Å². The molecule has 6 heteroatoms. The van der Waals surface area contributed by atoms with Crippen LogP contribution in [0.5, 0.6) is 5.75 Å². The van der Waals surface area contributed by atoms with E-state index in [4.69, 9.17) is 9.84 Å². The van der Waals surface area contributed by atoms with Crippen molar-refractivity contribution in [3.05, 3.63) is 28.7 Å². The zero-order chi connectivity index (χ0) is 16.5. The highest BCUT2D eigenvalue weighted by atomic mass is 79.9. The molecular formula is C16H22BrNO4. The summed E-state index contributed by atoms with van der Waals surface area (Å²) in [5.41, 5.74) is 0. The maximum atomic E-state index is 11.7. The van der Waals surface area contributed by atoms with Gasteiger partial charge in [-0.3, -0.25) is 4.79 Å². The van der Waals surface area contributed by atoms with Gasteiger partial charge in [-0.2, -0.15) is 0 Å². The Morgan fingerprint density at radius 2 is 1.86 bits per heavy atom. The number of carboxylic acid groups (broad SMARTS) is 1. The van der Waals surface area contributed by atoms with E-state index in [2.05, 4.69) is 21.2 Å². The SMILES string of the molecule is CC(C)C(NC(=O)CCCCOc1ccc(Br)cc1)C(=O)O. The van der Waals surface area contributed by atoms with Crippen molar-refractivity contribution in [3.8, 4) is 5.75 Å². The average molecular weight is 372 g/mol. The predicted molar refractivity (Wildman–Crippen MR) is 87.9 cm³/mol. The van der Waals surface area contributed by atoms with E-state index in [1.54, 1.807) is 13.8 Å². The van der Waals surface area contributed by atoms with E-state index in [1.165, 1.54) is 0 Å². The first-order chi connectivity index (χ1) is 10.4. The van der Waals surface area contributed by atoms with E-state index in [0.29, 0.717) is 19.4 Å². The Morgan fingerprint density at radius 1 is 1.23 bits per heavy atom. The summed E-state index contributed by atoms with van der Waals surface area (Å²) in [6, 6.07) is 6.72. The van der Waals surface area contributed by atoms with Crippen molar-refractivity contribution in [2.45, 2.75) is 39.2 Å². The molecular weight excluding hydrogens is 350 g/mol. The number of halogens is 1. The fourth-order valence-electron chi connectivity index (χ4n) is 1.87. The standard InChI is InChI=1S/C16H22BrNO4/c1-11(2)15(16(20)21)18-14(19)5-3-4-10-22-13-8-6-12(17)7-9-13/h6-9,11,15H,3-5,10H2,1-2H3,(H,18,19)(H,20,21). The molecule has 22 heavy (non-hydrogen) atoms. The van der Waals surface area contributed by atoms with Crippen LogP contribution in [0.3, 0.4) is 0 Å². The summed E-state index contributed by atoms with van der Waals surface area (Å²) in [5, 5.41) is 11.6. The van der Waals surface area contributed by atoms with E-state index < -0.39 is 12.0 Å². The number of carbonyl (C=O) groups excluding carboxylic acids is 1. The van der Waals surface area contributed by atoms with Gasteiger partial charge in [0.1, 0.15) is 11.8 Å². The summed E-state index contributed by atoms with van der Waals surface area (Å²) in [6.45, 7) is 4.07. The van der Waals surface area contributed by atoms with Crippen molar-refractivity contribution >= 4 is 27.8 Å². The van der Waals surface area contributed by atoms with Gasteiger partial charge in [-0.05, 0) is 43.0 Å². The predicted octanol–water partition coefficient (Wildman–Crippen LogP) is 3.22. The Kier molecular flexibility index (Phi) is 7.95. The molecule has 0 saturated carbocycles. The number of carbonyl (C=O) groups is 2. The van der Waals surface area contributed by atoms with Gasteiger partial charge in [-0.25, -0.2) is 4.79 Å². The molecule has 2 N–H and O–H groups in total. The first kappa shape index (κ1) is 18.5. The van der Waals surface area contributed by atoms with Gasteiger partial charge in [0.25, 0.3) is 0 Å². The van der Waals surface area contributed by atoms with Crippen LogP contribution in [0.1, 0.15) is 33.1 Å². The lowest BCUT2D eigenvalue weighted by Gasteiger charge is -2.17. The molecule has 1 aromatic carbocycles. The Morgan fingerprint density at radius 3 is 2.41 bits per heavy atom. The minimum Gasteiger partial charge on any atom is -0.494 e. The lowest BCUT2D eigenvalue weighted by molar-refractivity contribution is -0.143. The summed E-state index contributed by atoms with van der Waals surface area (Å²) < 4.78 is 6.55. The van der Waals surface area contributed by atoms with Gasteiger partial charge < -0.3 is 15.2 Å². The molecule has 1 amide bonds. The van der Waals surface area contributed by atoms with Crippen LogP contribution in [0.15, 0.2) is 28.7 Å². The number of rotatable bonds is 9. The molecule has 0 aliphatic rings. The van der Waals surface area contributed by atoms with Crippen LogP contribution in [0, 0.1) is 5.92 Å². The number of amides is 1. The molecule has 122 valence electrons. The van der Waals surface area contributed by atoms with Crippen molar-refractivity contribution in [2.24, 2.45) is 5.92 Å². The summed E-state index contributed by atoms with van der Waals surface area (Å²) in [5.74, 6) is -0.577. The lowest BCUT2D eigenvalue weighted by atomic mass is 10.0. The Labute approximate surface area is 139 Å². The molecule has 1 unspecified atom stereocenters. The number of benzene rings is 1. The maximum absolute atomic E-state index is 11.7.